The van der Waals surface area contributed by atoms with Gasteiger partial charge in [-0.25, -0.2) is 9.38 Å². The maximum absolute atomic E-state index is 13.8. The number of fused-ring (bicyclic) bond motifs is 3. The predicted molar refractivity (Wildman–Crippen MR) is 143 cm³/mol. The van der Waals surface area contributed by atoms with Gasteiger partial charge in [0.2, 0.25) is 0 Å². The van der Waals surface area contributed by atoms with Crippen molar-refractivity contribution in [2.45, 2.75) is 25.8 Å². The van der Waals surface area contributed by atoms with Gasteiger partial charge in [-0.2, -0.15) is 0 Å². The molecule has 1 aromatic heterocycles. The molecule has 4 aromatic rings. The lowest BCUT2D eigenvalue weighted by Gasteiger charge is -2.30. The number of nitrogens with zero attached hydrogens (tertiary/aromatic N) is 2. The molecule has 7 heteroatoms. The van der Waals surface area contributed by atoms with E-state index in [2.05, 4.69) is 12.1 Å². The van der Waals surface area contributed by atoms with E-state index >= 15 is 0 Å². The van der Waals surface area contributed by atoms with Crippen LogP contribution in [0.2, 0.25) is 0 Å². The normalized spacial score (nSPS) is 16.5. The number of methoxy groups -OCH3 is 1. The lowest BCUT2D eigenvalue weighted by atomic mass is 9.83. The van der Waals surface area contributed by atoms with E-state index in [1.165, 1.54) is 29.0 Å². The molecule has 1 aliphatic heterocycles. The summed E-state index contributed by atoms with van der Waals surface area (Å²) in [7, 11) is 1.60. The molecule has 6 rings (SSSR count). The van der Waals surface area contributed by atoms with Crippen LogP contribution < -0.4 is 24.4 Å². The first kappa shape index (κ1) is 23.4. The Kier molecular flexibility index (Phi) is 6.00. The zero-order valence-electron chi connectivity index (χ0n) is 20.5. The number of thiazole rings is 1. The van der Waals surface area contributed by atoms with Crippen LogP contribution in [0.3, 0.4) is 0 Å². The first-order valence-corrected chi connectivity index (χ1v) is 13.1. The zero-order chi connectivity index (χ0) is 25.5. The summed E-state index contributed by atoms with van der Waals surface area (Å²) in [6, 6.07) is 20.0. The Morgan fingerprint density at radius 1 is 1.08 bits per heavy atom. The molecule has 186 valence electrons. The van der Waals surface area contributed by atoms with E-state index in [-0.39, 0.29) is 17.4 Å². The van der Waals surface area contributed by atoms with Crippen molar-refractivity contribution < 1.29 is 13.9 Å². The smallest absolute Gasteiger partial charge is 0.271 e. The molecule has 0 spiro atoms. The van der Waals surface area contributed by atoms with E-state index in [1.54, 1.807) is 23.8 Å². The van der Waals surface area contributed by atoms with Crippen molar-refractivity contribution in [1.29, 1.82) is 0 Å². The first-order valence-electron chi connectivity index (χ1n) is 12.3. The molecule has 0 saturated heterocycles. The number of hydrogen-bond donors (Lipinski definition) is 0. The molecule has 0 bridgehead atoms. The third-order valence-electron chi connectivity index (χ3n) is 6.84. The summed E-state index contributed by atoms with van der Waals surface area (Å²) in [6.07, 6.45) is 3.52. The van der Waals surface area contributed by atoms with Gasteiger partial charge >= 0.3 is 0 Å². The Morgan fingerprint density at radius 2 is 1.89 bits per heavy atom. The van der Waals surface area contributed by atoms with Gasteiger partial charge in [-0.05, 0) is 72.4 Å². The summed E-state index contributed by atoms with van der Waals surface area (Å²) in [6.45, 7) is 2.45. The highest BCUT2D eigenvalue weighted by atomic mass is 32.1. The van der Waals surface area contributed by atoms with Crippen LogP contribution in [0.4, 0.5) is 4.39 Å². The highest BCUT2D eigenvalue weighted by Gasteiger charge is 2.32. The number of allylic oxidation sites excluding steroid dienone is 1. The topological polar surface area (TPSA) is 52.8 Å². The summed E-state index contributed by atoms with van der Waals surface area (Å²) < 4.78 is 27.3. The fourth-order valence-electron chi connectivity index (χ4n) is 5.17. The van der Waals surface area contributed by atoms with Crippen LogP contribution in [0, 0.1) is 5.82 Å². The number of rotatable bonds is 5. The van der Waals surface area contributed by atoms with Crippen molar-refractivity contribution >= 4 is 23.1 Å². The summed E-state index contributed by atoms with van der Waals surface area (Å²) >= 11 is 1.36. The molecule has 3 aromatic carbocycles. The van der Waals surface area contributed by atoms with E-state index in [9.17, 15) is 9.18 Å². The standard InChI is InChI=1S/C30H25FN2O3S/c1-3-36-24-15-8-18(16-25(24)35-2)17-26-29(34)33-28(20-9-12-21(31)13-10-20)23-14-11-19-6-4-5-7-22(19)27(23)32-30(33)37-26/h4-10,12-13,15-17,28H,3,11,14H2,1-2H3/b26-17+/t28-/m1/s1. The minimum absolute atomic E-state index is 0.115. The van der Waals surface area contributed by atoms with E-state index < -0.39 is 0 Å². The molecule has 2 aliphatic rings. The second-order valence-corrected chi connectivity index (χ2v) is 10.0. The van der Waals surface area contributed by atoms with Gasteiger partial charge in [0.15, 0.2) is 16.3 Å². The molecule has 1 aliphatic carbocycles. The van der Waals surface area contributed by atoms with Crippen LogP contribution in [0.5, 0.6) is 11.5 Å². The molecule has 2 heterocycles. The highest BCUT2D eigenvalue weighted by molar-refractivity contribution is 7.07. The molecule has 0 radical (unpaired) electrons. The van der Waals surface area contributed by atoms with E-state index in [0.717, 1.165) is 40.8 Å². The summed E-state index contributed by atoms with van der Waals surface area (Å²) in [5.74, 6) is 0.967. The molecule has 0 unspecified atom stereocenters. The molecule has 5 nitrogen and oxygen atoms in total. The van der Waals surface area contributed by atoms with Crippen molar-refractivity contribution in [2.24, 2.45) is 4.99 Å². The number of ether oxygens (including phenoxy) is 2. The lowest BCUT2D eigenvalue weighted by molar-refractivity contribution is 0.311. The molecule has 0 amide bonds. The van der Waals surface area contributed by atoms with E-state index in [4.69, 9.17) is 14.5 Å². The Hall–Kier alpha value is -3.97. The molecular weight excluding hydrogens is 487 g/mol. The molecule has 0 saturated carbocycles. The predicted octanol–water partition coefficient (Wildman–Crippen LogP) is 4.87. The number of aromatic nitrogens is 1. The average Bonchev–Trinajstić information content (AvgIpc) is 3.23. The van der Waals surface area contributed by atoms with Crippen LogP contribution in [0.1, 0.15) is 41.6 Å². The minimum atomic E-state index is -0.336. The Bertz CT molecular complexity index is 1720. The third kappa shape index (κ3) is 4.09. The molecule has 0 N–H and O–H groups in total. The number of hydrogen-bond acceptors (Lipinski definition) is 5. The second kappa shape index (κ2) is 9.48. The van der Waals surface area contributed by atoms with Crippen LogP contribution >= 0.6 is 11.3 Å². The molecule has 37 heavy (non-hydrogen) atoms. The summed E-state index contributed by atoms with van der Waals surface area (Å²) in [4.78, 5) is 19.5. The van der Waals surface area contributed by atoms with Crippen molar-refractivity contribution in [3.8, 4) is 11.5 Å². The molecular formula is C30H25FN2O3S. The van der Waals surface area contributed by atoms with Crippen LogP contribution in [0.15, 0.2) is 82.1 Å². The number of aryl methyl sites for hydroxylation is 1. The van der Waals surface area contributed by atoms with Crippen molar-refractivity contribution in [2.75, 3.05) is 13.7 Å². The quantitative estimate of drug-likeness (QED) is 0.384. The van der Waals surface area contributed by atoms with Crippen molar-refractivity contribution in [1.82, 2.24) is 4.57 Å². The fourth-order valence-corrected chi connectivity index (χ4v) is 6.17. The Balaban J connectivity index is 1.56. The summed E-state index contributed by atoms with van der Waals surface area (Å²) in [5, 5.41) is 0. The van der Waals surface area contributed by atoms with Gasteiger partial charge in [-0.1, -0.05) is 53.8 Å². The van der Waals surface area contributed by atoms with Gasteiger partial charge < -0.3 is 9.47 Å². The van der Waals surface area contributed by atoms with E-state index in [1.807, 2.05) is 43.3 Å². The fraction of sp³-hybridized carbons (Fsp3) is 0.200. The molecule has 1 atom stereocenters. The molecule has 0 fully saturated rings. The lowest BCUT2D eigenvalue weighted by Crippen LogP contribution is -2.38. The second-order valence-electron chi connectivity index (χ2n) is 9.01. The van der Waals surface area contributed by atoms with Crippen molar-refractivity contribution in [3.63, 3.8) is 0 Å². The number of benzene rings is 3. The maximum Gasteiger partial charge on any atom is 0.271 e. The van der Waals surface area contributed by atoms with Gasteiger partial charge in [0.05, 0.1) is 30.0 Å². The third-order valence-corrected chi connectivity index (χ3v) is 7.83. The Morgan fingerprint density at radius 3 is 2.68 bits per heavy atom. The minimum Gasteiger partial charge on any atom is -0.493 e. The SMILES string of the molecule is CCOc1ccc(/C=c2/sc3n(c2=O)[C@H](c2ccc(F)cc2)C2=C(N=3)c3ccccc3CC2)cc1OC. The van der Waals surface area contributed by atoms with E-state index in [0.29, 0.717) is 27.4 Å². The van der Waals surface area contributed by atoms with Gasteiger partial charge in [-0.3, -0.25) is 9.36 Å². The largest absolute Gasteiger partial charge is 0.493 e. The zero-order valence-corrected chi connectivity index (χ0v) is 21.3. The average molecular weight is 513 g/mol. The highest BCUT2D eigenvalue weighted by Crippen LogP contribution is 2.41. The van der Waals surface area contributed by atoms with Crippen molar-refractivity contribution in [3.05, 3.63) is 120 Å². The maximum atomic E-state index is 13.8. The number of halogens is 1. The van der Waals surface area contributed by atoms with Gasteiger partial charge in [0.1, 0.15) is 5.82 Å². The van der Waals surface area contributed by atoms with Gasteiger partial charge in [-0.15, -0.1) is 0 Å². The van der Waals surface area contributed by atoms with Gasteiger partial charge in [0, 0.05) is 5.56 Å². The monoisotopic (exact) mass is 512 g/mol. The summed E-state index contributed by atoms with van der Waals surface area (Å²) in [5.41, 5.74) is 5.96. The van der Waals surface area contributed by atoms with Crippen LogP contribution in [0.25, 0.3) is 11.8 Å². The van der Waals surface area contributed by atoms with Crippen LogP contribution in [-0.2, 0) is 6.42 Å². The van der Waals surface area contributed by atoms with Gasteiger partial charge in [0.25, 0.3) is 5.56 Å². The Labute approximate surface area is 217 Å². The first-order chi connectivity index (χ1) is 18.1. The van der Waals surface area contributed by atoms with Crippen LogP contribution in [-0.4, -0.2) is 18.3 Å².